The third-order valence-electron chi connectivity index (χ3n) is 2.33. The molecule has 2 nitrogen and oxygen atoms in total. The molecule has 0 aliphatic carbocycles. The summed E-state index contributed by atoms with van der Waals surface area (Å²) in [4.78, 5) is 0. The minimum atomic E-state index is 0.444. The van der Waals surface area contributed by atoms with Crippen LogP contribution in [0.1, 0.15) is 26.2 Å². The van der Waals surface area contributed by atoms with Crippen molar-refractivity contribution >= 4 is 0 Å². The SMILES string of the molecule is CCC[C@H](N)[C@@H]1CCNC1. The van der Waals surface area contributed by atoms with E-state index in [4.69, 9.17) is 5.73 Å². The number of nitrogens with two attached hydrogens (primary N) is 1. The van der Waals surface area contributed by atoms with Crippen LogP contribution in [-0.2, 0) is 0 Å². The summed E-state index contributed by atoms with van der Waals surface area (Å²) in [5, 5.41) is 3.33. The van der Waals surface area contributed by atoms with Gasteiger partial charge in [-0.2, -0.15) is 0 Å². The molecule has 1 saturated heterocycles. The largest absolute Gasteiger partial charge is 0.327 e. The lowest BCUT2D eigenvalue weighted by molar-refractivity contribution is 0.427. The van der Waals surface area contributed by atoms with Crippen LogP contribution in [0.2, 0.25) is 0 Å². The van der Waals surface area contributed by atoms with Gasteiger partial charge >= 0.3 is 0 Å². The molecule has 60 valence electrons. The van der Waals surface area contributed by atoms with E-state index in [0.29, 0.717) is 6.04 Å². The minimum absolute atomic E-state index is 0.444. The molecule has 2 heteroatoms. The molecular formula is C8H18N2. The number of nitrogens with one attached hydrogen (secondary N) is 1. The Labute approximate surface area is 63.2 Å². The number of rotatable bonds is 3. The van der Waals surface area contributed by atoms with Gasteiger partial charge in [0, 0.05) is 6.04 Å². The van der Waals surface area contributed by atoms with Crippen molar-refractivity contribution in [3.05, 3.63) is 0 Å². The van der Waals surface area contributed by atoms with Gasteiger partial charge in [-0.1, -0.05) is 13.3 Å². The molecule has 10 heavy (non-hydrogen) atoms. The monoisotopic (exact) mass is 142 g/mol. The fraction of sp³-hybridized carbons (Fsp3) is 1.00. The van der Waals surface area contributed by atoms with Crippen LogP contribution in [0, 0.1) is 5.92 Å². The lowest BCUT2D eigenvalue weighted by Gasteiger charge is -2.16. The molecule has 0 radical (unpaired) electrons. The first-order chi connectivity index (χ1) is 4.84. The van der Waals surface area contributed by atoms with Crippen molar-refractivity contribution in [2.24, 2.45) is 11.7 Å². The fourth-order valence-corrected chi connectivity index (χ4v) is 1.61. The van der Waals surface area contributed by atoms with Crippen molar-refractivity contribution < 1.29 is 0 Å². The van der Waals surface area contributed by atoms with Gasteiger partial charge in [0.1, 0.15) is 0 Å². The molecule has 1 heterocycles. The summed E-state index contributed by atoms with van der Waals surface area (Å²) in [7, 11) is 0. The van der Waals surface area contributed by atoms with Gasteiger partial charge in [0.25, 0.3) is 0 Å². The van der Waals surface area contributed by atoms with Crippen LogP contribution in [0.25, 0.3) is 0 Å². The number of hydrogen-bond donors (Lipinski definition) is 2. The lowest BCUT2D eigenvalue weighted by Crippen LogP contribution is -2.31. The molecule has 0 aromatic heterocycles. The molecule has 0 amide bonds. The normalized spacial score (nSPS) is 28.8. The van der Waals surface area contributed by atoms with Crippen molar-refractivity contribution in [3.8, 4) is 0 Å². The Bertz CT molecular complexity index is 87.3. The molecule has 0 bridgehead atoms. The molecular weight excluding hydrogens is 124 g/mol. The van der Waals surface area contributed by atoms with Gasteiger partial charge in [-0.15, -0.1) is 0 Å². The van der Waals surface area contributed by atoms with Gasteiger partial charge in [-0.25, -0.2) is 0 Å². The minimum Gasteiger partial charge on any atom is -0.327 e. The summed E-state index contributed by atoms with van der Waals surface area (Å²) < 4.78 is 0. The van der Waals surface area contributed by atoms with Crippen molar-refractivity contribution in [2.45, 2.75) is 32.2 Å². The summed E-state index contributed by atoms with van der Waals surface area (Å²) >= 11 is 0. The highest BCUT2D eigenvalue weighted by Crippen LogP contribution is 2.14. The molecule has 0 unspecified atom stereocenters. The summed E-state index contributed by atoms with van der Waals surface area (Å²) in [6.07, 6.45) is 3.69. The Morgan fingerprint density at radius 1 is 1.70 bits per heavy atom. The van der Waals surface area contributed by atoms with Crippen molar-refractivity contribution in [1.82, 2.24) is 5.32 Å². The Kier molecular flexibility index (Phi) is 3.16. The fourth-order valence-electron chi connectivity index (χ4n) is 1.61. The highest BCUT2D eigenvalue weighted by Gasteiger charge is 2.20. The molecule has 0 saturated carbocycles. The maximum atomic E-state index is 5.95. The van der Waals surface area contributed by atoms with Gasteiger partial charge in [-0.05, 0) is 31.8 Å². The first-order valence-electron chi connectivity index (χ1n) is 4.31. The van der Waals surface area contributed by atoms with Gasteiger partial charge in [0.15, 0.2) is 0 Å². The zero-order chi connectivity index (χ0) is 7.40. The van der Waals surface area contributed by atoms with Crippen LogP contribution < -0.4 is 11.1 Å². The van der Waals surface area contributed by atoms with Gasteiger partial charge < -0.3 is 11.1 Å². The Morgan fingerprint density at radius 2 is 2.50 bits per heavy atom. The summed E-state index contributed by atoms with van der Waals surface area (Å²) in [5.74, 6) is 0.750. The van der Waals surface area contributed by atoms with Crippen LogP contribution >= 0.6 is 0 Å². The van der Waals surface area contributed by atoms with E-state index in [2.05, 4.69) is 12.2 Å². The van der Waals surface area contributed by atoms with E-state index in [-0.39, 0.29) is 0 Å². The summed E-state index contributed by atoms with van der Waals surface area (Å²) in [5.41, 5.74) is 5.95. The average Bonchev–Trinajstić information content (AvgIpc) is 2.38. The lowest BCUT2D eigenvalue weighted by atomic mass is 9.96. The second-order valence-corrected chi connectivity index (χ2v) is 3.21. The van der Waals surface area contributed by atoms with E-state index >= 15 is 0 Å². The molecule has 1 aliphatic heterocycles. The maximum Gasteiger partial charge on any atom is 0.00796 e. The number of hydrogen-bond acceptors (Lipinski definition) is 2. The smallest absolute Gasteiger partial charge is 0.00796 e. The predicted octanol–water partition coefficient (Wildman–Crippen LogP) is 0.723. The average molecular weight is 142 g/mol. The summed E-state index contributed by atoms with van der Waals surface area (Å²) in [6.45, 7) is 4.51. The van der Waals surface area contributed by atoms with Crippen molar-refractivity contribution in [3.63, 3.8) is 0 Å². The second-order valence-electron chi connectivity index (χ2n) is 3.21. The van der Waals surface area contributed by atoms with Crippen LogP contribution in [-0.4, -0.2) is 19.1 Å². The third kappa shape index (κ3) is 1.96. The van der Waals surface area contributed by atoms with E-state index in [1.807, 2.05) is 0 Å². The Balaban J connectivity index is 2.18. The maximum absolute atomic E-state index is 5.95. The zero-order valence-corrected chi connectivity index (χ0v) is 6.77. The van der Waals surface area contributed by atoms with Gasteiger partial charge in [-0.3, -0.25) is 0 Å². The topological polar surface area (TPSA) is 38.0 Å². The molecule has 0 aromatic carbocycles. The van der Waals surface area contributed by atoms with E-state index < -0.39 is 0 Å². The standard InChI is InChI=1S/C8H18N2/c1-2-3-8(9)7-4-5-10-6-7/h7-8,10H,2-6,9H2,1H3/t7-,8+/m1/s1. The van der Waals surface area contributed by atoms with Crippen LogP contribution in [0.15, 0.2) is 0 Å². The molecule has 0 aromatic rings. The van der Waals surface area contributed by atoms with Gasteiger partial charge in [0.2, 0.25) is 0 Å². The van der Waals surface area contributed by atoms with E-state index in [9.17, 15) is 0 Å². The first kappa shape index (κ1) is 8.02. The predicted molar refractivity (Wildman–Crippen MR) is 43.9 cm³/mol. The third-order valence-corrected chi connectivity index (χ3v) is 2.33. The van der Waals surface area contributed by atoms with Crippen LogP contribution in [0.3, 0.4) is 0 Å². The molecule has 1 aliphatic rings. The molecule has 0 spiro atoms. The first-order valence-corrected chi connectivity index (χ1v) is 4.31. The van der Waals surface area contributed by atoms with Crippen LogP contribution in [0.5, 0.6) is 0 Å². The van der Waals surface area contributed by atoms with Crippen molar-refractivity contribution in [2.75, 3.05) is 13.1 Å². The van der Waals surface area contributed by atoms with E-state index in [1.165, 1.54) is 25.8 Å². The molecule has 2 atom stereocenters. The highest BCUT2D eigenvalue weighted by molar-refractivity contribution is 4.79. The van der Waals surface area contributed by atoms with Gasteiger partial charge in [0.05, 0.1) is 0 Å². The highest BCUT2D eigenvalue weighted by atomic mass is 14.9. The Hall–Kier alpha value is -0.0800. The quantitative estimate of drug-likeness (QED) is 0.609. The second kappa shape index (κ2) is 3.94. The van der Waals surface area contributed by atoms with E-state index in [0.717, 1.165) is 12.5 Å². The Morgan fingerprint density at radius 3 is 3.00 bits per heavy atom. The van der Waals surface area contributed by atoms with E-state index in [1.54, 1.807) is 0 Å². The molecule has 3 N–H and O–H groups in total. The zero-order valence-electron chi connectivity index (χ0n) is 6.77. The summed E-state index contributed by atoms with van der Waals surface area (Å²) in [6, 6.07) is 0.444. The van der Waals surface area contributed by atoms with Crippen LogP contribution in [0.4, 0.5) is 0 Å². The molecule has 1 fully saturated rings. The van der Waals surface area contributed by atoms with Crippen molar-refractivity contribution in [1.29, 1.82) is 0 Å². The molecule has 1 rings (SSSR count).